The maximum Gasteiger partial charge on any atom is 0.177 e. The molecule has 1 aliphatic rings. The monoisotopic (exact) mass is 349 g/mol. The van der Waals surface area contributed by atoms with Crippen molar-refractivity contribution in [2.24, 2.45) is 0 Å². The summed E-state index contributed by atoms with van der Waals surface area (Å²) in [6, 6.07) is 9.22. The van der Waals surface area contributed by atoms with Gasteiger partial charge in [-0.2, -0.15) is 0 Å². The molecule has 3 aromatic rings. The van der Waals surface area contributed by atoms with E-state index in [0.717, 1.165) is 28.0 Å². The second kappa shape index (κ2) is 7.10. The van der Waals surface area contributed by atoms with Gasteiger partial charge in [-0.3, -0.25) is 0 Å². The van der Waals surface area contributed by atoms with Gasteiger partial charge in [0.15, 0.2) is 5.65 Å². The van der Waals surface area contributed by atoms with Crippen LogP contribution in [0.3, 0.4) is 0 Å². The van der Waals surface area contributed by atoms with Crippen molar-refractivity contribution >= 4 is 11.2 Å². The summed E-state index contributed by atoms with van der Waals surface area (Å²) in [5.74, 6) is 1.36. The molecular formula is C22H27N3O. The third-order valence-electron chi connectivity index (χ3n) is 5.60. The van der Waals surface area contributed by atoms with Gasteiger partial charge in [0.1, 0.15) is 5.75 Å². The molecule has 0 spiro atoms. The van der Waals surface area contributed by atoms with Crippen molar-refractivity contribution in [3.63, 3.8) is 0 Å². The standard InChI is InChI=1S/C22H27N3O/c1-15(2)16-9-10-21(26-3)19(11-16)17-12-20-22(23-13-17)24-14-25(20)18-7-5-4-6-8-18/h9-15,18H,4-8H2,1-3H3. The van der Waals surface area contributed by atoms with Crippen molar-refractivity contribution in [3.05, 3.63) is 42.4 Å². The normalized spacial score (nSPS) is 15.7. The molecule has 4 heteroatoms. The first-order valence-electron chi connectivity index (χ1n) is 9.68. The Labute approximate surface area is 155 Å². The zero-order valence-corrected chi connectivity index (χ0v) is 15.9. The van der Waals surface area contributed by atoms with Crippen molar-refractivity contribution in [1.82, 2.24) is 14.5 Å². The second-order valence-electron chi connectivity index (χ2n) is 7.62. The Morgan fingerprint density at radius 2 is 1.88 bits per heavy atom. The third kappa shape index (κ3) is 3.09. The Morgan fingerprint density at radius 1 is 1.08 bits per heavy atom. The molecule has 0 saturated heterocycles. The van der Waals surface area contributed by atoms with E-state index in [1.807, 2.05) is 12.5 Å². The molecule has 0 bridgehead atoms. The summed E-state index contributed by atoms with van der Waals surface area (Å²) in [5.41, 5.74) is 5.46. The van der Waals surface area contributed by atoms with Crippen molar-refractivity contribution in [2.75, 3.05) is 7.11 Å². The van der Waals surface area contributed by atoms with E-state index in [1.165, 1.54) is 37.7 Å². The van der Waals surface area contributed by atoms with Gasteiger partial charge in [0.25, 0.3) is 0 Å². The Balaban J connectivity index is 1.81. The van der Waals surface area contributed by atoms with Crippen LogP contribution in [0.1, 0.15) is 63.5 Å². The van der Waals surface area contributed by atoms with E-state index in [0.29, 0.717) is 12.0 Å². The summed E-state index contributed by atoms with van der Waals surface area (Å²) < 4.78 is 7.96. The molecule has 0 N–H and O–H groups in total. The molecule has 0 atom stereocenters. The Hall–Kier alpha value is -2.36. The lowest BCUT2D eigenvalue weighted by Gasteiger charge is -2.23. The zero-order valence-electron chi connectivity index (χ0n) is 15.9. The van der Waals surface area contributed by atoms with Gasteiger partial charge in [-0.05, 0) is 42.5 Å². The number of aromatic nitrogens is 3. The summed E-state index contributed by atoms with van der Waals surface area (Å²) in [6.07, 6.45) is 10.3. The molecule has 0 unspecified atom stereocenters. The van der Waals surface area contributed by atoms with Gasteiger partial charge in [0.05, 0.1) is 19.0 Å². The Bertz CT molecular complexity index is 907. The minimum atomic E-state index is 0.476. The quantitative estimate of drug-likeness (QED) is 0.603. The predicted octanol–water partition coefficient (Wildman–Crippen LogP) is 5.74. The topological polar surface area (TPSA) is 39.9 Å². The zero-order chi connectivity index (χ0) is 18.1. The molecule has 4 rings (SSSR count). The fourth-order valence-corrected chi connectivity index (χ4v) is 4.02. The molecule has 1 aliphatic carbocycles. The van der Waals surface area contributed by atoms with Gasteiger partial charge in [-0.1, -0.05) is 39.2 Å². The highest BCUT2D eigenvalue weighted by atomic mass is 16.5. The molecule has 1 saturated carbocycles. The summed E-state index contributed by atoms with van der Waals surface area (Å²) in [5, 5.41) is 0. The van der Waals surface area contributed by atoms with Gasteiger partial charge >= 0.3 is 0 Å². The number of hydrogen-bond donors (Lipinski definition) is 0. The highest BCUT2D eigenvalue weighted by Crippen LogP contribution is 2.35. The molecule has 4 nitrogen and oxygen atoms in total. The average Bonchev–Trinajstić information content (AvgIpc) is 3.11. The lowest BCUT2D eigenvalue weighted by Crippen LogP contribution is -2.11. The van der Waals surface area contributed by atoms with Gasteiger partial charge in [0, 0.05) is 23.4 Å². The number of methoxy groups -OCH3 is 1. The molecule has 26 heavy (non-hydrogen) atoms. The fourth-order valence-electron chi connectivity index (χ4n) is 4.02. The molecule has 2 aromatic heterocycles. The second-order valence-corrected chi connectivity index (χ2v) is 7.62. The number of hydrogen-bond acceptors (Lipinski definition) is 3. The van der Waals surface area contributed by atoms with Gasteiger partial charge in [-0.25, -0.2) is 9.97 Å². The summed E-state index contributed by atoms with van der Waals surface area (Å²) in [6.45, 7) is 4.43. The van der Waals surface area contributed by atoms with Crippen LogP contribution in [0.2, 0.25) is 0 Å². The molecule has 1 aromatic carbocycles. The molecule has 2 heterocycles. The molecule has 1 fully saturated rings. The largest absolute Gasteiger partial charge is 0.496 e. The maximum atomic E-state index is 5.62. The average molecular weight is 349 g/mol. The summed E-state index contributed by atoms with van der Waals surface area (Å²) in [7, 11) is 1.73. The van der Waals surface area contributed by atoms with Crippen LogP contribution in [0.25, 0.3) is 22.3 Å². The van der Waals surface area contributed by atoms with Crippen LogP contribution in [0.5, 0.6) is 5.75 Å². The van der Waals surface area contributed by atoms with Crippen molar-refractivity contribution in [2.45, 2.75) is 57.9 Å². The van der Waals surface area contributed by atoms with E-state index in [4.69, 9.17) is 4.74 Å². The summed E-state index contributed by atoms with van der Waals surface area (Å²) in [4.78, 5) is 9.17. The van der Waals surface area contributed by atoms with Gasteiger partial charge < -0.3 is 9.30 Å². The minimum absolute atomic E-state index is 0.476. The van der Waals surface area contributed by atoms with Crippen LogP contribution in [-0.2, 0) is 0 Å². The highest BCUT2D eigenvalue weighted by molar-refractivity contribution is 5.81. The highest BCUT2D eigenvalue weighted by Gasteiger charge is 2.19. The molecule has 0 amide bonds. The lowest BCUT2D eigenvalue weighted by molar-refractivity contribution is 0.359. The van der Waals surface area contributed by atoms with Crippen molar-refractivity contribution in [1.29, 1.82) is 0 Å². The van der Waals surface area contributed by atoms with Crippen LogP contribution < -0.4 is 4.74 Å². The van der Waals surface area contributed by atoms with E-state index in [2.05, 4.69) is 52.6 Å². The molecular weight excluding hydrogens is 322 g/mol. The molecule has 0 radical (unpaired) electrons. The van der Waals surface area contributed by atoms with E-state index in [-0.39, 0.29) is 0 Å². The van der Waals surface area contributed by atoms with Crippen LogP contribution in [0, 0.1) is 0 Å². The van der Waals surface area contributed by atoms with Crippen molar-refractivity contribution < 1.29 is 4.74 Å². The molecule has 0 aliphatic heterocycles. The van der Waals surface area contributed by atoms with Crippen LogP contribution in [0.15, 0.2) is 36.8 Å². The van der Waals surface area contributed by atoms with Crippen LogP contribution in [0.4, 0.5) is 0 Å². The first-order chi connectivity index (χ1) is 12.7. The minimum Gasteiger partial charge on any atom is -0.496 e. The predicted molar refractivity (Wildman–Crippen MR) is 106 cm³/mol. The molecule has 136 valence electrons. The van der Waals surface area contributed by atoms with Crippen LogP contribution in [-0.4, -0.2) is 21.6 Å². The smallest absolute Gasteiger partial charge is 0.177 e. The first-order valence-corrected chi connectivity index (χ1v) is 9.68. The number of rotatable bonds is 4. The van der Waals surface area contributed by atoms with E-state index in [9.17, 15) is 0 Å². The van der Waals surface area contributed by atoms with Gasteiger partial charge in [0.2, 0.25) is 0 Å². The lowest BCUT2D eigenvalue weighted by atomic mass is 9.95. The Kier molecular flexibility index (Phi) is 4.66. The van der Waals surface area contributed by atoms with Crippen LogP contribution >= 0.6 is 0 Å². The van der Waals surface area contributed by atoms with E-state index in [1.54, 1.807) is 7.11 Å². The number of benzene rings is 1. The Morgan fingerprint density at radius 3 is 2.62 bits per heavy atom. The number of fused-ring (bicyclic) bond motifs is 1. The summed E-state index contributed by atoms with van der Waals surface area (Å²) >= 11 is 0. The fraction of sp³-hybridized carbons (Fsp3) is 0.455. The SMILES string of the molecule is COc1ccc(C(C)C)cc1-c1cnc2ncn(C3CCCCC3)c2c1. The number of ether oxygens (including phenoxy) is 1. The number of pyridine rings is 1. The van der Waals surface area contributed by atoms with E-state index < -0.39 is 0 Å². The maximum absolute atomic E-state index is 5.62. The first kappa shape index (κ1) is 17.1. The van der Waals surface area contributed by atoms with E-state index >= 15 is 0 Å². The third-order valence-corrected chi connectivity index (χ3v) is 5.60. The van der Waals surface area contributed by atoms with Gasteiger partial charge in [-0.15, -0.1) is 0 Å². The number of imidazole rings is 1. The number of nitrogens with zero attached hydrogens (tertiary/aromatic N) is 3. The van der Waals surface area contributed by atoms with Crippen molar-refractivity contribution in [3.8, 4) is 16.9 Å².